The van der Waals surface area contributed by atoms with Gasteiger partial charge in [-0.2, -0.15) is 0 Å². The van der Waals surface area contributed by atoms with Crippen LogP contribution in [0.5, 0.6) is 0 Å². The SMILES string of the molecule is CCCCCCCCCCCCCCCCCCCCCCC(=O)O[C@H](COC(=O)CCCCCCCCCCCCCCC(C)C)COP(=O)(O)OC[C@@H](O)COP(=O)(O)OC[C@@H](COC(=O)CCCCCCCCCCCC(C)C)OC(=O)CCCCCCCCCCCCC(C)CC. The Morgan fingerprint density at radius 1 is 0.287 bits per heavy atom. The van der Waals surface area contributed by atoms with Crippen molar-refractivity contribution in [1.82, 2.24) is 0 Å². The van der Waals surface area contributed by atoms with Crippen LogP contribution in [0.15, 0.2) is 0 Å². The van der Waals surface area contributed by atoms with Gasteiger partial charge < -0.3 is 33.8 Å². The van der Waals surface area contributed by atoms with E-state index in [1.165, 1.54) is 238 Å². The molecule has 6 atom stereocenters. The fourth-order valence-corrected chi connectivity index (χ4v) is 14.2. The van der Waals surface area contributed by atoms with Crippen LogP contribution in [0.3, 0.4) is 0 Å². The number of carbonyl (C=O) groups is 4. The molecule has 19 heteroatoms. The number of hydrogen-bond acceptors (Lipinski definition) is 15. The van der Waals surface area contributed by atoms with Gasteiger partial charge in [0.05, 0.1) is 26.4 Å². The molecule has 0 bridgehead atoms. The molecule has 0 aliphatic heterocycles. The summed E-state index contributed by atoms with van der Waals surface area (Å²) in [5.41, 5.74) is 0. The summed E-state index contributed by atoms with van der Waals surface area (Å²) in [6.45, 7) is 12.0. The average Bonchev–Trinajstić information content (AvgIpc) is 1.24. The van der Waals surface area contributed by atoms with Crippen molar-refractivity contribution in [2.75, 3.05) is 39.6 Å². The van der Waals surface area contributed by atoms with Gasteiger partial charge in [0, 0.05) is 25.7 Å². The number of phosphoric ester groups is 2. The maximum absolute atomic E-state index is 13.1. The Labute approximate surface area is 619 Å². The van der Waals surface area contributed by atoms with Crippen LogP contribution in [0.1, 0.15) is 427 Å². The Kier molecular flexibility index (Phi) is 70.9. The molecule has 0 heterocycles. The van der Waals surface area contributed by atoms with Crippen molar-refractivity contribution in [1.29, 1.82) is 0 Å². The number of carbonyl (C=O) groups excluding carboxylic acids is 4. The minimum absolute atomic E-state index is 0.106. The summed E-state index contributed by atoms with van der Waals surface area (Å²) in [6, 6.07) is 0. The quantitative estimate of drug-likeness (QED) is 0.0222. The highest BCUT2D eigenvalue weighted by Crippen LogP contribution is 2.45. The Morgan fingerprint density at radius 2 is 0.505 bits per heavy atom. The van der Waals surface area contributed by atoms with Crippen LogP contribution in [0.2, 0.25) is 0 Å². The highest BCUT2D eigenvalue weighted by Gasteiger charge is 2.30. The van der Waals surface area contributed by atoms with Gasteiger partial charge in [0.15, 0.2) is 12.2 Å². The van der Waals surface area contributed by atoms with Crippen LogP contribution >= 0.6 is 15.6 Å². The minimum Gasteiger partial charge on any atom is -0.462 e. The number of unbranched alkanes of at least 4 members (excludes halogenated alkanes) is 47. The monoisotopic (exact) mass is 1480 g/mol. The van der Waals surface area contributed by atoms with E-state index in [-0.39, 0.29) is 25.7 Å². The summed E-state index contributed by atoms with van der Waals surface area (Å²) < 4.78 is 68.8. The van der Waals surface area contributed by atoms with Crippen molar-refractivity contribution in [2.45, 2.75) is 446 Å². The molecule has 0 rings (SSSR count). The summed E-state index contributed by atoms with van der Waals surface area (Å²) >= 11 is 0. The molecule has 0 spiro atoms. The minimum atomic E-state index is -4.96. The number of hydrogen-bond donors (Lipinski definition) is 3. The van der Waals surface area contributed by atoms with Crippen molar-refractivity contribution < 1.29 is 80.2 Å². The van der Waals surface area contributed by atoms with Gasteiger partial charge in [0.2, 0.25) is 0 Å². The lowest BCUT2D eigenvalue weighted by Gasteiger charge is -2.21. The number of aliphatic hydroxyl groups is 1. The summed E-state index contributed by atoms with van der Waals surface area (Å²) in [5.74, 6) is 0.218. The Morgan fingerprint density at radius 3 is 0.752 bits per heavy atom. The lowest BCUT2D eigenvalue weighted by Crippen LogP contribution is -2.30. The molecule has 17 nitrogen and oxygen atoms in total. The van der Waals surface area contributed by atoms with Crippen LogP contribution in [0, 0.1) is 17.8 Å². The number of rotatable bonds is 80. The first-order chi connectivity index (χ1) is 48.8. The number of aliphatic hydroxyl groups excluding tert-OH is 1. The van der Waals surface area contributed by atoms with Crippen molar-refractivity contribution in [3.05, 3.63) is 0 Å². The smallest absolute Gasteiger partial charge is 0.462 e. The molecule has 0 amide bonds. The maximum Gasteiger partial charge on any atom is 0.472 e. The lowest BCUT2D eigenvalue weighted by atomic mass is 9.99. The first kappa shape index (κ1) is 99.1. The molecule has 0 fully saturated rings. The van der Waals surface area contributed by atoms with E-state index >= 15 is 0 Å². The first-order valence-corrected chi connectivity index (χ1v) is 45.4. The molecule has 0 aliphatic carbocycles. The van der Waals surface area contributed by atoms with Crippen LogP contribution in [-0.4, -0.2) is 96.7 Å². The molecular weight excluding hydrogens is 1320 g/mol. The number of ether oxygens (including phenoxy) is 4. The fraction of sp³-hybridized carbons (Fsp3) is 0.951. The van der Waals surface area contributed by atoms with Gasteiger partial charge in [0.1, 0.15) is 19.3 Å². The predicted molar refractivity (Wildman–Crippen MR) is 414 cm³/mol. The largest absolute Gasteiger partial charge is 0.472 e. The molecule has 0 aromatic carbocycles. The summed E-state index contributed by atoms with van der Waals surface area (Å²) in [6.07, 6.45) is 61.0. The molecule has 0 radical (unpaired) electrons. The Balaban J connectivity index is 5.26. The number of esters is 4. The molecule has 600 valence electrons. The van der Waals surface area contributed by atoms with Crippen molar-refractivity contribution >= 4 is 39.5 Å². The molecule has 101 heavy (non-hydrogen) atoms. The van der Waals surface area contributed by atoms with Gasteiger partial charge in [-0.15, -0.1) is 0 Å². The molecule has 3 unspecified atom stereocenters. The third-order valence-corrected chi connectivity index (χ3v) is 21.4. The third-order valence-electron chi connectivity index (χ3n) is 19.5. The third kappa shape index (κ3) is 74.7. The van der Waals surface area contributed by atoms with E-state index < -0.39 is 97.5 Å². The highest BCUT2D eigenvalue weighted by atomic mass is 31.2. The second-order valence-corrected chi connectivity index (χ2v) is 33.6. The van der Waals surface area contributed by atoms with Gasteiger partial charge in [-0.25, -0.2) is 9.13 Å². The Hall–Kier alpha value is -1.94. The zero-order valence-electron chi connectivity index (χ0n) is 66.4. The van der Waals surface area contributed by atoms with Crippen LogP contribution in [0.25, 0.3) is 0 Å². The van der Waals surface area contributed by atoms with E-state index in [0.29, 0.717) is 25.7 Å². The average molecular weight is 1480 g/mol. The standard InChI is InChI=1S/C82H160O17P2/c1-8-10-11-12-13-14-15-16-17-18-19-20-21-22-23-28-36-44-51-58-65-81(86)98-77(69-92-79(84)63-56-49-42-35-27-25-24-26-32-39-46-53-60-73(3)4)71-96-100(88,89)94-67-76(83)68-95-101(90,91)97-72-78(70-93-80(85)64-57-50-43-38-31-33-40-47-54-61-74(5)6)99-82(87)66-59-52-45-37-30-29-34-41-48-55-62-75(7)9-2/h73-78,83H,8-72H2,1-7H3,(H,88,89)(H,90,91)/t75?,76-,77-,78-/m1/s1. The second-order valence-electron chi connectivity index (χ2n) is 30.7. The van der Waals surface area contributed by atoms with Gasteiger partial charge >= 0.3 is 39.5 Å². The molecule has 0 aromatic heterocycles. The molecular formula is C82H160O17P2. The number of phosphoric acid groups is 2. The molecule has 0 aliphatic rings. The van der Waals surface area contributed by atoms with E-state index in [2.05, 4.69) is 48.5 Å². The van der Waals surface area contributed by atoms with Gasteiger partial charge in [-0.3, -0.25) is 37.3 Å². The van der Waals surface area contributed by atoms with Crippen LogP contribution < -0.4 is 0 Å². The van der Waals surface area contributed by atoms with Crippen molar-refractivity contribution in [3.63, 3.8) is 0 Å². The normalized spacial score (nSPS) is 14.2. The summed E-state index contributed by atoms with van der Waals surface area (Å²) in [5, 5.41) is 10.7. The summed E-state index contributed by atoms with van der Waals surface area (Å²) in [7, 11) is -9.92. The first-order valence-electron chi connectivity index (χ1n) is 42.4. The summed E-state index contributed by atoms with van der Waals surface area (Å²) in [4.78, 5) is 73.1. The maximum atomic E-state index is 13.1. The van der Waals surface area contributed by atoms with Gasteiger partial charge in [-0.1, -0.05) is 376 Å². The van der Waals surface area contributed by atoms with E-state index in [9.17, 15) is 43.2 Å². The molecule has 3 N–H and O–H groups in total. The second kappa shape index (κ2) is 72.3. The topological polar surface area (TPSA) is 237 Å². The Bertz CT molecular complexity index is 1960. The van der Waals surface area contributed by atoms with Crippen molar-refractivity contribution in [2.24, 2.45) is 17.8 Å². The molecule has 0 saturated carbocycles. The zero-order valence-corrected chi connectivity index (χ0v) is 68.2. The van der Waals surface area contributed by atoms with Crippen LogP contribution in [-0.2, 0) is 65.4 Å². The van der Waals surface area contributed by atoms with E-state index in [1.54, 1.807) is 0 Å². The van der Waals surface area contributed by atoms with E-state index in [0.717, 1.165) is 108 Å². The van der Waals surface area contributed by atoms with Gasteiger partial charge in [0.25, 0.3) is 0 Å². The molecule has 0 aromatic rings. The predicted octanol–water partition coefficient (Wildman–Crippen LogP) is 24.5. The van der Waals surface area contributed by atoms with Gasteiger partial charge in [-0.05, 0) is 43.4 Å². The lowest BCUT2D eigenvalue weighted by molar-refractivity contribution is -0.161. The fourth-order valence-electron chi connectivity index (χ4n) is 12.6. The van der Waals surface area contributed by atoms with Crippen molar-refractivity contribution in [3.8, 4) is 0 Å². The van der Waals surface area contributed by atoms with E-state index in [1.807, 2.05) is 0 Å². The van der Waals surface area contributed by atoms with E-state index in [4.69, 9.17) is 37.0 Å². The molecule has 0 saturated heterocycles. The van der Waals surface area contributed by atoms with Crippen LogP contribution in [0.4, 0.5) is 0 Å². The zero-order chi connectivity index (χ0) is 74.4. The highest BCUT2D eigenvalue weighted by molar-refractivity contribution is 7.47.